The van der Waals surface area contributed by atoms with Crippen LogP contribution in [0.1, 0.15) is 40.0 Å². The van der Waals surface area contributed by atoms with Crippen LogP contribution in [-0.4, -0.2) is 0 Å². The summed E-state index contributed by atoms with van der Waals surface area (Å²) in [5.74, 6) is 3.56. The minimum absolute atomic E-state index is 0.637. The van der Waals surface area contributed by atoms with Gasteiger partial charge in [-0.3, -0.25) is 0 Å². The third-order valence-corrected chi connectivity index (χ3v) is 3.60. The highest BCUT2D eigenvalue weighted by Gasteiger charge is 2.64. The normalized spacial score (nSPS) is 42.9. The fourth-order valence-electron chi connectivity index (χ4n) is 2.00. The Morgan fingerprint density at radius 3 is 2.20 bits per heavy atom. The number of fused-ring (bicyclic) bond motifs is 1. The van der Waals surface area contributed by atoms with Crippen LogP contribution in [0.4, 0.5) is 0 Å². The summed E-state index contributed by atoms with van der Waals surface area (Å²) < 4.78 is 0. The smallest absolute Gasteiger partial charge is 0.0347 e. The van der Waals surface area contributed by atoms with Gasteiger partial charge in [-0.2, -0.15) is 0 Å². The largest absolute Gasteiger partial charge is 0.0649 e. The molecular weight excluding hydrogens is 120 g/mol. The summed E-state index contributed by atoms with van der Waals surface area (Å²) in [7, 11) is 0. The first-order valence-electron chi connectivity index (χ1n) is 4.64. The molecule has 2 rings (SSSR count). The van der Waals surface area contributed by atoms with Crippen molar-refractivity contribution < 1.29 is 0 Å². The van der Waals surface area contributed by atoms with E-state index >= 15 is 0 Å². The van der Waals surface area contributed by atoms with Gasteiger partial charge < -0.3 is 0 Å². The molecule has 0 heterocycles. The molecule has 58 valence electrons. The van der Waals surface area contributed by atoms with Crippen LogP contribution >= 0.6 is 0 Å². The lowest BCUT2D eigenvalue weighted by Crippen LogP contribution is -2.12. The molecule has 0 aromatic rings. The molecule has 0 heteroatoms. The SMILES string of the molecule is CCC(C)(C)CC1C2CC21. The molecule has 2 aliphatic rings. The van der Waals surface area contributed by atoms with E-state index in [1.165, 1.54) is 24.7 Å². The van der Waals surface area contributed by atoms with Crippen molar-refractivity contribution in [3.63, 3.8) is 0 Å². The zero-order valence-corrected chi connectivity index (χ0v) is 7.35. The average molecular weight is 138 g/mol. The summed E-state index contributed by atoms with van der Waals surface area (Å²) in [6, 6.07) is 0. The van der Waals surface area contributed by atoms with E-state index in [1.54, 1.807) is 6.42 Å². The van der Waals surface area contributed by atoms with Crippen LogP contribution in [0.2, 0.25) is 0 Å². The summed E-state index contributed by atoms with van der Waals surface area (Å²) in [5.41, 5.74) is 0.637. The Labute approximate surface area is 64.0 Å². The molecule has 2 atom stereocenters. The molecule has 2 aliphatic carbocycles. The van der Waals surface area contributed by atoms with Crippen LogP contribution < -0.4 is 0 Å². The monoisotopic (exact) mass is 138 g/mol. The Balaban J connectivity index is 1.78. The molecule has 0 aromatic carbocycles. The van der Waals surface area contributed by atoms with Crippen molar-refractivity contribution in [3.8, 4) is 0 Å². The maximum atomic E-state index is 2.41. The van der Waals surface area contributed by atoms with Crippen molar-refractivity contribution in [2.75, 3.05) is 0 Å². The molecule has 0 aliphatic heterocycles. The molecule has 2 fully saturated rings. The van der Waals surface area contributed by atoms with E-state index in [1.807, 2.05) is 0 Å². The van der Waals surface area contributed by atoms with E-state index < -0.39 is 0 Å². The van der Waals surface area contributed by atoms with Crippen LogP contribution in [0, 0.1) is 23.2 Å². The molecule has 2 saturated carbocycles. The van der Waals surface area contributed by atoms with Crippen molar-refractivity contribution in [1.82, 2.24) is 0 Å². The summed E-state index contributed by atoms with van der Waals surface area (Å²) in [4.78, 5) is 0. The van der Waals surface area contributed by atoms with E-state index in [0.29, 0.717) is 5.41 Å². The fourth-order valence-corrected chi connectivity index (χ4v) is 2.00. The molecule has 0 nitrogen and oxygen atoms in total. The Morgan fingerprint density at radius 2 is 1.90 bits per heavy atom. The quantitative estimate of drug-likeness (QED) is 0.562. The maximum absolute atomic E-state index is 2.41. The van der Waals surface area contributed by atoms with Crippen molar-refractivity contribution >= 4 is 0 Å². The lowest BCUT2D eigenvalue weighted by molar-refractivity contribution is 0.278. The summed E-state index contributed by atoms with van der Waals surface area (Å²) >= 11 is 0. The van der Waals surface area contributed by atoms with Crippen LogP contribution in [0.15, 0.2) is 0 Å². The lowest BCUT2D eigenvalue weighted by Gasteiger charge is -2.23. The Kier molecular flexibility index (Phi) is 1.19. The topological polar surface area (TPSA) is 0 Å². The lowest BCUT2D eigenvalue weighted by atomic mass is 9.82. The average Bonchev–Trinajstić information content (AvgIpc) is 2.69. The highest BCUT2D eigenvalue weighted by Crippen LogP contribution is 2.71. The summed E-state index contributed by atoms with van der Waals surface area (Å²) in [5, 5.41) is 0. The predicted octanol–water partition coefficient (Wildman–Crippen LogP) is 3.08. The van der Waals surface area contributed by atoms with E-state index in [4.69, 9.17) is 0 Å². The van der Waals surface area contributed by atoms with Gasteiger partial charge in [0.05, 0.1) is 0 Å². The van der Waals surface area contributed by atoms with Crippen molar-refractivity contribution in [2.45, 2.75) is 40.0 Å². The first kappa shape index (κ1) is 6.69. The van der Waals surface area contributed by atoms with Gasteiger partial charge in [-0.15, -0.1) is 0 Å². The van der Waals surface area contributed by atoms with Gasteiger partial charge in [0, 0.05) is 0 Å². The van der Waals surface area contributed by atoms with Gasteiger partial charge in [-0.05, 0) is 36.0 Å². The summed E-state index contributed by atoms with van der Waals surface area (Å²) in [6.07, 6.45) is 4.42. The molecule has 0 N–H and O–H groups in total. The van der Waals surface area contributed by atoms with Gasteiger partial charge in [-0.25, -0.2) is 0 Å². The second kappa shape index (κ2) is 1.78. The molecule has 0 radical (unpaired) electrons. The first-order chi connectivity index (χ1) is 4.64. The minimum Gasteiger partial charge on any atom is -0.0649 e. The number of hydrogen-bond acceptors (Lipinski definition) is 0. The number of hydrogen-bond donors (Lipinski definition) is 0. The minimum atomic E-state index is 0.637. The van der Waals surface area contributed by atoms with Gasteiger partial charge in [0.15, 0.2) is 0 Å². The molecule has 10 heavy (non-hydrogen) atoms. The predicted molar refractivity (Wildman–Crippen MR) is 43.8 cm³/mol. The second-order valence-corrected chi connectivity index (χ2v) is 4.95. The van der Waals surface area contributed by atoms with Gasteiger partial charge >= 0.3 is 0 Å². The van der Waals surface area contributed by atoms with Gasteiger partial charge in [0.1, 0.15) is 0 Å². The van der Waals surface area contributed by atoms with E-state index in [0.717, 1.165) is 5.92 Å². The first-order valence-corrected chi connectivity index (χ1v) is 4.64. The van der Waals surface area contributed by atoms with E-state index in [2.05, 4.69) is 20.8 Å². The molecule has 0 saturated heterocycles. The Bertz CT molecular complexity index is 138. The van der Waals surface area contributed by atoms with Crippen LogP contribution in [0.5, 0.6) is 0 Å². The highest BCUT2D eigenvalue weighted by atomic mass is 14.7. The third kappa shape index (κ3) is 0.980. The van der Waals surface area contributed by atoms with Crippen molar-refractivity contribution in [2.24, 2.45) is 23.2 Å². The third-order valence-electron chi connectivity index (χ3n) is 3.60. The van der Waals surface area contributed by atoms with Crippen LogP contribution in [0.3, 0.4) is 0 Å². The van der Waals surface area contributed by atoms with Crippen molar-refractivity contribution in [1.29, 1.82) is 0 Å². The molecule has 0 bridgehead atoms. The van der Waals surface area contributed by atoms with Crippen LogP contribution in [-0.2, 0) is 0 Å². The zero-order valence-electron chi connectivity index (χ0n) is 7.35. The van der Waals surface area contributed by atoms with Crippen molar-refractivity contribution in [3.05, 3.63) is 0 Å². The maximum Gasteiger partial charge on any atom is -0.0347 e. The van der Waals surface area contributed by atoms with E-state index in [9.17, 15) is 0 Å². The van der Waals surface area contributed by atoms with Gasteiger partial charge in [-0.1, -0.05) is 27.2 Å². The molecular formula is C10H18. The van der Waals surface area contributed by atoms with E-state index in [-0.39, 0.29) is 0 Å². The van der Waals surface area contributed by atoms with Gasteiger partial charge in [0.25, 0.3) is 0 Å². The standard InChI is InChI=1S/C10H18/c1-4-10(2,3)6-9-7-5-8(7)9/h7-9H,4-6H2,1-3H3. The molecule has 0 aromatic heterocycles. The second-order valence-electron chi connectivity index (χ2n) is 4.95. The Morgan fingerprint density at radius 1 is 1.30 bits per heavy atom. The highest BCUT2D eigenvalue weighted by molar-refractivity contribution is 5.12. The fraction of sp³-hybridized carbons (Fsp3) is 1.00. The van der Waals surface area contributed by atoms with Crippen LogP contribution in [0.25, 0.3) is 0 Å². The van der Waals surface area contributed by atoms with Gasteiger partial charge in [0.2, 0.25) is 0 Å². The molecule has 2 unspecified atom stereocenters. The zero-order chi connectivity index (χ0) is 7.35. The molecule has 0 spiro atoms. The Hall–Kier alpha value is 0. The number of rotatable bonds is 3. The molecule has 0 amide bonds. The summed E-state index contributed by atoms with van der Waals surface area (Å²) in [6.45, 7) is 7.13.